The number of ether oxygens (including phenoxy) is 1. The van der Waals surface area contributed by atoms with Gasteiger partial charge in [-0.25, -0.2) is 4.79 Å². The van der Waals surface area contributed by atoms with Crippen molar-refractivity contribution in [1.29, 1.82) is 0 Å². The van der Waals surface area contributed by atoms with Crippen molar-refractivity contribution in [3.63, 3.8) is 0 Å². The maximum Gasteiger partial charge on any atom is 0.334 e. The molecule has 1 aromatic carbocycles. The lowest BCUT2D eigenvalue weighted by atomic mass is 10.1. The predicted molar refractivity (Wildman–Crippen MR) is 87.4 cm³/mol. The van der Waals surface area contributed by atoms with Gasteiger partial charge in [0.15, 0.2) is 6.10 Å². The van der Waals surface area contributed by atoms with Crippen LogP contribution in [0.5, 0.6) is 0 Å². The van der Waals surface area contributed by atoms with E-state index in [-0.39, 0.29) is 24.3 Å². The molecule has 0 bridgehead atoms. The van der Waals surface area contributed by atoms with Crippen LogP contribution in [-0.2, 0) is 9.53 Å². The standard InChI is InChI=1S/C15H18N2O6S/c1-3-24-13-5-4-10(17(21)22)6-11(13)14(18)16-7-9(2)23-12(8-16)15(19)20/h4-6,9,12H,3,7-8H2,1-2H3,(H,19,20)/t9-,12?/m1/s1. The Bertz CT molecular complexity index is 665. The average Bonchev–Trinajstić information content (AvgIpc) is 2.54. The van der Waals surface area contributed by atoms with Gasteiger partial charge in [-0.05, 0) is 18.7 Å². The van der Waals surface area contributed by atoms with Crippen molar-refractivity contribution in [3.8, 4) is 0 Å². The van der Waals surface area contributed by atoms with Crippen molar-refractivity contribution in [3.05, 3.63) is 33.9 Å². The molecule has 0 spiro atoms. The van der Waals surface area contributed by atoms with Gasteiger partial charge in [0.25, 0.3) is 11.6 Å². The van der Waals surface area contributed by atoms with E-state index in [1.807, 2.05) is 6.92 Å². The topological polar surface area (TPSA) is 110 Å². The van der Waals surface area contributed by atoms with Crippen LogP contribution in [0.1, 0.15) is 24.2 Å². The Balaban J connectivity index is 2.34. The highest BCUT2D eigenvalue weighted by molar-refractivity contribution is 7.99. The molecular formula is C15H18N2O6S. The van der Waals surface area contributed by atoms with Gasteiger partial charge >= 0.3 is 5.97 Å². The Hall–Kier alpha value is -2.13. The zero-order valence-electron chi connectivity index (χ0n) is 13.3. The number of carboxylic acid groups (broad SMARTS) is 1. The highest BCUT2D eigenvalue weighted by atomic mass is 32.2. The number of aliphatic carboxylic acids is 1. The van der Waals surface area contributed by atoms with E-state index >= 15 is 0 Å². The van der Waals surface area contributed by atoms with Crippen LogP contribution in [-0.4, -0.2) is 57.9 Å². The molecule has 0 radical (unpaired) electrons. The lowest BCUT2D eigenvalue weighted by Crippen LogP contribution is -2.51. The van der Waals surface area contributed by atoms with Gasteiger partial charge in [0, 0.05) is 23.6 Å². The second-order valence-electron chi connectivity index (χ2n) is 5.35. The van der Waals surface area contributed by atoms with E-state index in [0.29, 0.717) is 10.6 Å². The second-order valence-corrected chi connectivity index (χ2v) is 6.66. The summed E-state index contributed by atoms with van der Waals surface area (Å²) in [5.74, 6) is -0.854. The van der Waals surface area contributed by atoms with Crippen LogP contribution in [0.4, 0.5) is 5.69 Å². The monoisotopic (exact) mass is 354 g/mol. The molecule has 2 atom stereocenters. The number of amides is 1. The molecule has 8 nitrogen and oxygen atoms in total. The van der Waals surface area contributed by atoms with Crippen LogP contribution in [0, 0.1) is 10.1 Å². The number of morpholine rings is 1. The first-order valence-electron chi connectivity index (χ1n) is 7.42. The summed E-state index contributed by atoms with van der Waals surface area (Å²) >= 11 is 1.40. The van der Waals surface area contributed by atoms with E-state index in [1.165, 1.54) is 28.8 Å². The molecule has 1 saturated heterocycles. The molecule has 1 aliphatic rings. The van der Waals surface area contributed by atoms with Crippen LogP contribution in [0.2, 0.25) is 0 Å². The first-order valence-corrected chi connectivity index (χ1v) is 8.40. The number of benzene rings is 1. The van der Waals surface area contributed by atoms with E-state index in [2.05, 4.69) is 0 Å². The largest absolute Gasteiger partial charge is 0.479 e. The molecule has 24 heavy (non-hydrogen) atoms. The Morgan fingerprint density at radius 3 is 2.75 bits per heavy atom. The van der Waals surface area contributed by atoms with Gasteiger partial charge in [-0.15, -0.1) is 11.8 Å². The van der Waals surface area contributed by atoms with E-state index in [9.17, 15) is 19.7 Å². The summed E-state index contributed by atoms with van der Waals surface area (Å²) in [7, 11) is 0. The summed E-state index contributed by atoms with van der Waals surface area (Å²) in [5.41, 5.74) is 0.0455. The molecule has 130 valence electrons. The summed E-state index contributed by atoms with van der Waals surface area (Å²) in [6.07, 6.45) is -1.52. The highest BCUT2D eigenvalue weighted by Crippen LogP contribution is 2.28. The molecule has 1 heterocycles. The summed E-state index contributed by atoms with van der Waals surface area (Å²) in [4.78, 5) is 36.4. The molecule has 9 heteroatoms. The highest BCUT2D eigenvalue weighted by Gasteiger charge is 2.34. The van der Waals surface area contributed by atoms with E-state index in [0.717, 1.165) is 0 Å². The maximum atomic E-state index is 12.8. The maximum absolute atomic E-state index is 12.8. The lowest BCUT2D eigenvalue weighted by Gasteiger charge is -2.35. The molecule has 1 amide bonds. The Morgan fingerprint density at radius 1 is 1.46 bits per heavy atom. The van der Waals surface area contributed by atoms with Crippen molar-refractivity contribution in [2.75, 3.05) is 18.8 Å². The molecule has 0 aromatic heterocycles. The summed E-state index contributed by atoms with van der Waals surface area (Å²) in [6.45, 7) is 3.75. The van der Waals surface area contributed by atoms with Gasteiger partial charge < -0.3 is 14.7 Å². The molecule has 1 aromatic rings. The van der Waals surface area contributed by atoms with Crippen LogP contribution in [0.25, 0.3) is 0 Å². The number of nitrogens with zero attached hydrogens (tertiary/aromatic N) is 2. The lowest BCUT2D eigenvalue weighted by molar-refractivity contribution is -0.384. The third-order valence-electron chi connectivity index (χ3n) is 3.53. The van der Waals surface area contributed by atoms with Gasteiger partial charge in [0.05, 0.1) is 23.1 Å². The number of carbonyl (C=O) groups excluding carboxylic acids is 1. The molecule has 1 unspecified atom stereocenters. The number of rotatable bonds is 5. The van der Waals surface area contributed by atoms with Crippen molar-refractivity contribution < 1.29 is 24.4 Å². The first-order chi connectivity index (χ1) is 11.3. The van der Waals surface area contributed by atoms with Crippen LogP contribution in [0.3, 0.4) is 0 Å². The number of carbonyl (C=O) groups is 2. The fourth-order valence-corrected chi connectivity index (χ4v) is 3.28. The zero-order valence-corrected chi connectivity index (χ0v) is 14.1. The van der Waals surface area contributed by atoms with Crippen molar-refractivity contribution >= 4 is 29.3 Å². The van der Waals surface area contributed by atoms with Crippen LogP contribution in [0.15, 0.2) is 23.1 Å². The number of hydrogen-bond donors (Lipinski definition) is 1. The van der Waals surface area contributed by atoms with E-state index in [4.69, 9.17) is 9.84 Å². The Kier molecular flexibility index (Phi) is 5.79. The number of non-ortho nitro benzene ring substituents is 1. The minimum Gasteiger partial charge on any atom is -0.479 e. The average molecular weight is 354 g/mol. The third-order valence-corrected chi connectivity index (χ3v) is 4.48. The van der Waals surface area contributed by atoms with E-state index in [1.54, 1.807) is 13.0 Å². The minimum atomic E-state index is -1.14. The number of nitro groups is 1. The molecule has 1 aliphatic heterocycles. The molecule has 0 aliphatic carbocycles. The van der Waals surface area contributed by atoms with Crippen LogP contribution < -0.4 is 0 Å². The SMILES string of the molecule is CCSc1ccc([N+](=O)[O-])cc1C(=O)N1CC(C(=O)O)O[C@H](C)C1. The van der Waals surface area contributed by atoms with Gasteiger partial charge in [-0.2, -0.15) is 0 Å². The van der Waals surface area contributed by atoms with Gasteiger partial charge in [0.1, 0.15) is 0 Å². The van der Waals surface area contributed by atoms with E-state index < -0.39 is 29.0 Å². The van der Waals surface area contributed by atoms with Gasteiger partial charge in [-0.1, -0.05) is 6.92 Å². The normalized spacial score (nSPS) is 20.7. The van der Waals surface area contributed by atoms with Crippen molar-refractivity contribution in [1.82, 2.24) is 4.90 Å². The quantitative estimate of drug-likeness (QED) is 0.489. The van der Waals surface area contributed by atoms with Crippen molar-refractivity contribution in [2.45, 2.75) is 31.0 Å². The number of hydrogen-bond acceptors (Lipinski definition) is 6. The smallest absolute Gasteiger partial charge is 0.334 e. The van der Waals surface area contributed by atoms with Gasteiger partial charge in [-0.3, -0.25) is 14.9 Å². The summed E-state index contributed by atoms with van der Waals surface area (Å²) in [6, 6.07) is 4.16. The minimum absolute atomic E-state index is 0.0859. The Morgan fingerprint density at radius 2 is 2.17 bits per heavy atom. The number of thioether (sulfide) groups is 1. The van der Waals surface area contributed by atoms with Gasteiger partial charge in [0.2, 0.25) is 0 Å². The Labute approximate surface area is 142 Å². The summed E-state index contributed by atoms with van der Waals surface area (Å²) < 4.78 is 5.30. The van der Waals surface area contributed by atoms with Crippen LogP contribution >= 0.6 is 11.8 Å². The second kappa shape index (κ2) is 7.63. The molecule has 1 N–H and O–H groups in total. The zero-order chi connectivity index (χ0) is 17.9. The molecule has 0 saturated carbocycles. The fourth-order valence-electron chi connectivity index (χ4n) is 2.50. The van der Waals surface area contributed by atoms with Crippen molar-refractivity contribution in [2.24, 2.45) is 0 Å². The summed E-state index contributed by atoms with van der Waals surface area (Å²) in [5, 5.41) is 20.1. The number of carboxylic acids is 1. The molecule has 2 rings (SSSR count). The molecular weight excluding hydrogens is 336 g/mol. The third kappa shape index (κ3) is 4.04. The fraction of sp³-hybridized carbons (Fsp3) is 0.467. The molecule has 1 fully saturated rings. The predicted octanol–water partition coefficient (Wildman–Crippen LogP) is 2.02. The number of nitro benzene ring substituents is 1. The first kappa shape index (κ1) is 18.2.